The Kier molecular flexibility index (Phi) is 6.67. The van der Waals surface area contributed by atoms with Gasteiger partial charge in [-0.25, -0.2) is 0 Å². The fourth-order valence-electron chi connectivity index (χ4n) is 1.26. The lowest BCUT2D eigenvalue weighted by molar-refractivity contribution is -0.120. The maximum absolute atomic E-state index is 12.0. The first kappa shape index (κ1) is 14.5. The van der Waals surface area contributed by atoms with Gasteiger partial charge in [0.25, 0.3) is 0 Å². The number of carbonyl (C=O) groups is 1. The van der Waals surface area contributed by atoms with Gasteiger partial charge in [-0.1, -0.05) is 26.0 Å². The van der Waals surface area contributed by atoms with E-state index < -0.39 is 8.80 Å². The van der Waals surface area contributed by atoms with Crippen LogP contribution >= 0.6 is 0 Å². The molecule has 0 fully saturated rings. The minimum absolute atomic E-state index is 0.111. The third kappa shape index (κ3) is 3.53. The highest BCUT2D eigenvalue weighted by molar-refractivity contribution is 6.92. The van der Waals surface area contributed by atoms with Crippen molar-refractivity contribution < 1.29 is 18.1 Å². The maximum atomic E-state index is 12.0. The van der Waals surface area contributed by atoms with E-state index in [1.165, 1.54) is 21.3 Å². The van der Waals surface area contributed by atoms with Gasteiger partial charge < -0.3 is 13.3 Å². The number of rotatable bonds is 7. The highest BCUT2D eigenvalue weighted by Gasteiger charge is 2.49. The molecule has 0 N–H and O–H groups in total. The van der Waals surface area contributed by atoms with E-state index in [-0.39, 0.29) is 11.3 Å². The summed E-state index contributed by atoms with van der Waals surface area (Å²) < 4.78 is 15.3. The van der Waals surface area contributed by atoms with Crippen LogP contribution in [0.4, 0.5) is 0 Å². The third-order valence-corrected chi connectivity index (χ3v) is 4.85. The van der Waals surface area contributed by atoms with Crippen LogP contribution in [-0.4, -0.2) is 35.5 Å². The quantitative estimate of drug-likeness (QED) is 0.494. The Balaban J connectivity index is 4.70. The molecular formula is C10H20O4Si. The van der Waals surface area contributed by atoms with Crippen molar-refractivity contribution in [3.8, 4) is 0 Å². The molecular weight excluding hydrogens is 212 g/mol. The van der Waals surface area contributed by atoms with E-state index in [9.17, 15) is 4.79 Å². The molecule has 0 aliphatic rings. The van der Waals surface area contributed by atoms with Gasteiger partial charge in [0.1, 0.15) is 0 Å². The summed E-state index contributed by atoms with van der Waals surface area (Å²) in [5, 5.41) is -0.111. The van der Waals surface area contributed by atoms with Crippen LogP contribution in [-0.2, 0) is 18.1 Å². The summed E-state index contributed by atoms with van der Waals surface area (Å²) in [5.41, 5.74) is 0. The van der Waals surface area contributed by atoms with Crippen molar-refractivity contribution in [2.24, 2.45) is 5.92 Å². The Labute approximate surface area is 92.6 Å². The Morgan fingerprint density at radius 3 is 2.07 bits per heavy atom. The second kappa shape index (κ2) is 6.89. The lowest BCUT2D eigenvalue weighted by Gasteiger charge is -2.24. The molecule has 15 heavy (non-hydrogen) atoms. The van der Waals surface area contributed by atoms with Crippen LogP contribution < -0.4 is 0 Å². The topological polar surface area (TPSA) is 44.8 Å². The highest BCUT2D eigenvalue weighted by atomic mass is 28.4. The lowest BCUT2D eigenvalue weighted by Crippen LogP contribution is -2.53. The van der Waals surface area contributed by atoms with Gasteiger partial charge >= 0.3 is 8.80 Å². The molecule has 0 aliphatic carbocycles. The van der Waals surface area contributed by atoms with Gasteiger partial charge in [-0.3, -0.25) is 4.79 Å². The summed E-state index contributed by atoms with van der Waals surface area (Å²) in [4.78, 5) is 12.0. The molecule has 0 rings (SSSR count). The Morgan fingerprint density at radius 1 is 1.27 bits per heavy atom. The van der Waals surface area contributed by atoms with E-state index in [0.717, 1.165) is 6.42 Å². The van der Waals surface area contributed by atoms with Crippen LogP contribution in [0.2, 0.25) is 0 Å². The highest BCUT2D eigenvalue weighted by Crippen LogP contribution is 2.14. The monoisotopic (exact) mass is 232 g/mol. The largest absolute Gasteiger partial charge is 0.574 e. The summed E-state index contributed by atoms with van der Waals surface area (Å²) in [6, 6.07) is 0. The summed E-state index contributed by atoms with van der Waals surface area (Å²) in [6.07, 6.45) is 4.70. The van der Waals surface area contributed by atoms with Gasteiger partial charge in [0, 0.05) is 27.2 Å². The standard InChI is InChI=1S/C10H20O4Si/c1-6-7-8-9(2)10(11)15(12-3,13-4)14-5/h7-9H,6H2,1-5H3/b8-7+. The van der Waals surface area contributed by atoms with Gasteiger partial charge in [0.2, 0.25) is 5.41 Å². The molecule has 0 saturated heterocycles. The predicted octanol–water partition coefficient (Wildman–Crippen LogP) is 1.58. The smallest absolute Gasteiger partial charge is 0.372 e. The van der Waals surface area contributed by atoms with Gasteiger partial charge in [-0.15, -0.1) is 0 Å². The number of allylic oxidation sites excluding steroid dienone is 2. The Bertz CT molecular complexity index is 215. The van der Waals surface area contributed by atoms with Crippen molar-refractivity contribution >= 4 is 14.2 Å². The van der Waals surface area contributed by atoms with Crippen LogP contribution in [0, 0.1) is 5.92 Å². The SMILES string of the molecule is CC/C=C/C(C)C(=O)[Si](OC)(OC)OC. The average Bonchev–Trinajstić information content (AvgIpc) is 2.28. The van der Waals surface area contributed by atoms with Crippen LogP contribution in [0.15, 0.2) is 12.2 Å². The van der Waals surface area contributed by atoms with Crippen LogP contribution in [0.25, 0.3) is 0 Å². The first-order chi connectivity index (χ1) is 7.07. The molecule has 0 aromatic rings. The number of carbonyl (C=O) groups excluding carboxylic acids is 1. The molecule has 0 aliphatic heterocycles. The van der Waals surface area contributed by atoms with Crippen molar-refractivity contribution in [2.45, 2.75) is 20.3 Å². The predicted molar refractivity (Wildman–Crippen MR) is 60.4 cm³/mol. The van der Waals surface area contributed by atoms with Crippen LogP contribution in [0.5, 0.6) is 0 Å². The van der Waals surface area contributed by atoms with Crippen molar-refractivity contribution in [3.05, 3.63) is 12.2 Å². The van der Waals surface area contributed by atoms with E-state index in [2.05, 4.69) is 0 Å². The molecule has 0 heterocycles. The summed E-state index contributed by atoms with van der Waals surface area (Å²) in [6.45, 7) is 3.83. The molecule has 0 bridgehead atoms. The normalized spacial score (nSPS) is 14.5. The molecule has 4 nitrogen and oxygen atoms in total. The molecule has 0 amide bonds. The second-order valence-corrected chi connectivity index (χ2v) is 5.99. The van der Waals surface area contributed by atoms with Gasteiger partial charge in [0.15, 0.2) is 0 Å². The van der Waals surface area contributed by atoms with E-state index in [1.807, 2.05) is 26.0 Å². The zero-order valence-corrected chi connectivity index (χ0v) is 11.1. The Morgan fingerprint density at radius 2 is 1.73 bits per heavy atom. The molecule has 0 aromatic heterocycles. The van der Waals surface area contributed by atoms with E-state index in [0.29, 0.717) is 0 Å². The second-order valence-electron chi connectivity index (χ2n) is 3.16. The zero-order valence-electron chi connectivity index (χ0n) is 10.1. The molecule has 0 spiro atoms. The molecule has 1 atom stereocenters. The number of hydrogen-bond acceptors (Lipinski definition) is 4. The first-order valence-electron chi connectivity index (χ1n) is 4.94. The van der Waals surface area contributed by atoms with E-state index in [4.69, 9.17) is 13.3 Å². The van der Waals surface area contributed by atoms with Crippen molar-refractivity contribution in [3.63, 3.8) is 0 Å². The summed E-state index contributed by atoms with van der Waals surface area (Å²) >= 11 is 0. The molecule has 0 aromatic carbocycles. The average molecular weight is 232 g/mol. The van der Waals surface area contributed by atoms with Gasteiger partial charge in [0.05, 0.1) is 0 Å². The first-order valence-corrected chi connectivity index (χ1v) is 6.66. The maximum Gasteiger partial charge on any atom is 0.574 e. The van der Waals surface area contributed by atoms with Crippen molar-refractivity contribution in [1.82, 2.24) is 0 Å². The molecule has 88 valence electrons. The molecule has 1 unspecified atom stereocenters. The van der Waals surface area contributed by atoms with Crippen LogP contribution in [0.3, 0.4) is 0 Å². The molecule has 0 saturated carbocycles. The lowest BCUT2D eigenvalue weighted by atomic mass is 10.2. The van der Waals surface area contributed by atoms with Crippen molar-refractivity contribution in [1.29, 1.82) is 0 Å². The zero-order chi connectivity index (χ0) is 11.9. The van der Waals surface area contributed by atoms with E-state index >= 15 is 0 Å². The fraction of sp³-hybridized carbons (Fsp3) is 0.700. The van der Waals surface area contributed by atoms with Crippen LogP contribution in [0.1, 0.15) is 20.3 Å². The summed E-state index contributed by atoms with van der Waals surface area (Å²) in [7, 11) is 1.19. The minimum atomic E-state index is -3.12. The molecule has 0 radical (unpaired) electrons. The van der Waals surface area contributed by atoms with E-state index in [1.54, 1.807) is 0 Å². The van der Waals surface area contributed by atoms with Gasteiger partial charge in [-0.2, -0.15) is 0 Å². The third-order valence-electron chi connectivity index (χ3n) is 2.18. The summed E-state index contributed by atoms with van der Waals surface area (Å²) in [5.74, 6) is -0.239. The van der Waals surface area contributed by atoms with Gasteiger partial charge in [-0.05, 0) is 6.42 Å². The van der Waals surface area contributed by atoms with Crippen molar-refractivity contribution in [2.75, 3.05) is 21.3 Å². The number of hydrogen-bond donors (Lipinski definition) is 0. The Hall–Kier alpha value is -0.493. The molecule has 5 heteroatoms. The fourth-order valence-corrected chi connectivity index (χ4v) is 3.02. The minimum Gasteiger partial charge on any atom is -0.372 e.